The molecule has 0 bridgehead atoms. The summed E-state index contributed by atoms with van der Waals surface area (Å²) in [4.78, 5) is 48.9. The lowest BCUT2D eigenvalue weighted by Crippen LogP contribution is -2.29. The van der Waals surface area contributed by atoms with Gasteiger partial charge >= 0.3 is 0 Å². The van der Waals surface area contributed by atoms with Crippen LogP contribution in [0.15, 0.2) is 66.7 Å². The third-order valence-corrected chi connectivity index (χ3v) is 4.89. The number of hydrogen-bond donors (Lipinski definition) is 1. The van der Waals surface area contributed by atoms with E-state index in [1.165, 1.54) is 36.4 Å². The minimum Gasteiger partial charge on any atom is -0.321 e. The van der Waals surface area contributed by atoms with Crippen LogP contribution in [0.25, 0.3) is 0 Å². The van der Waals surface area contributed by atoms with Gasteiger partial charge in [0.1, 0.15) is 0 Å². The second-order valence-corrected chi connectivity index (χ2v) is 6.82. The minimum absolute atomic E-state index is 0.0877. The van der Waals surface area contributed by atoms with E-state index in [9.17, 15) is 24.5 Å². The smallest absolute Gasteiger partial charge is 0.270 e. The van der Waals surface area contributed by atoms with Gasteiger partial charge in [-0.25, -0.2) is 4.90 Å². The van der Waals surface area contributed by atoms with Gasteiger partial charge in [0.05, 0.1) is 32.4 Å². The van der Waals surface area contributed by atoms with Crippen LogP contribution in [-0.4, -0.2) is 22.6 Å². The predicted molar refractivity (Wildman–Crippen MR) is 110 cm³/mol. The van der Waals surface area contributed by atoms with Gasteiger partial charge < -0.3 is 5.32 Å². The number of carbonyl (C=O) groups is 3. The maximum atomic E-state index is 12.6. The summed E-state index contributed by atoms with van der Waals surface area (Å²) in [7, 11) is 0. The van der Waals surface area contributed by atoms with Crippen molar-refractivity contribution in [3.8, 4) is 0 Å². The van der Waals surface area contributed by atoms with Crippen molar-refractivity contribution in [2.75, 3.05) is 10.2 Å². The highest BCUT2D eigenvalue weighted by Gasteiger charge is 2.36. The molecule has 0 unspecified atom stereocenters. The molecule has 1 heterocycles. The fraction of sp³-hybridized carbons (Fsp3) is 0. The van der Waals surface area contributed by atoms with Gasteiger partial charge in [-0.3, -0.25) is 24.5 Å². The number of halogens is 1. The molecule has 3 amide bonds. The first kappa shape index (κ1) is 19.3. The van der Waals surface area contributed by atoms with E-state index in [0.29, 0.717) is 11.1 Å². The van der Waals surface area contributed by atoms with E-state index in [1.54, 1.807) is 24.3 Å². The number of amides is 3. The lowest BCUT2D eigenvalue weighted by molar-refractivity contribution is -0.384. The topological polar surface area (TPSA) is 110 Å². The third kappa shape index (κ3) is 3.29. The van der Waals surface area contributed by atoms with Crippen molar-refractivity contribution in [2.45, 2.75) is 0 Å². The maximum absolute atomic E-state index is 12.6. The zero-order chi connectivity index (χ0) is 21.4. The van der Waals surface area contributed by atoms with Crippen molar-refractivity contribution < 1.29 is 19.3 Å². The zero-order valence-corrected chi connectivity index (χ0v) is 15.9. The second-order valence-electron chi connectivity index (χ2n) is 6.42. The fourth-order valence-electron chi connectivity index (χ4n) is 3.12. The summed E-state index contributed by atoms with van der Waals surface area (Å²) in [6, 6.07) is 16.1. The average Bonchev–Trinajstić information content (AvgIpc) is 3.00. The van der Waals surface area contributed by atoms with E-state index in [4.69, 9.17) is 11.6 Å². The average molecular weight is 422 g/mol. The Morgan fingerprint density at radius 1 is 0.933 bits per heavy atom. The maximum Gasteiger partial charge on any atom is 0.270 e. The largest absolute Gasteiger partial charge is 0.321 e. The first-order valence-electron chi connectivity index (χ1n) is 8.70. The monoisotopic (exact) mass is 421 g/mol. The zero-order valence-electron chi connectivity index (χ0n) is 15.2. The van der Waals surface area contributed by atoms with Gasteiger partial charge in [-0.05, 0) is 36.4 Å². The Morgan fingerprint density at radius 3 is 2.20 bits per heavy atom. The fourth-order valence-corrected chi connectivity index (χ4v) is 3.35. The van der Waals surface area contributed by atoms with Crippen LogP contribution in [0.4, 0.5) is 17.1 Å². The van der Waals surface area contributed by atoms with Crippen molar-refractivity contribution in [1.29, 1.82) is 0 Å². The molecule has 9 heteroatoms. The molecule has 0 saturated heterocycles. The van der Waals surface area contributed by atoms with E-state index >= 15 is 0 Å². The van der Waals surface area contributed by atoms with Crippen LogP contribution in [0.1, 0.15) is 31.1 Å². The number of anilines is 2. The second kappa shape index (κ2) is 7.41. The summed E-state index contributed by atoms with van der Waals surface area (Å²) < 4.78 is 0. The van der Waals surface area contributed by atoms with Crippen molar-refractivity contribution in [3.63, 3.8) is 0 Å². The third-order valence-electron chi connectivity index (χ3n) is 4.57. The van der Waals surface area contributed by atoms with Gasteiger partial charge in [-0.15, -0.1) is 0 Å². The van der Waals surface area contributed by atoms with Crippen LogP contribution in [0, 0.1) is 10.1 Å². The van der Waals surface area contributed by atoms with E-state index in [2.05, 4.69) is 5.32 Å². The van der Waals surface area contributed by atoms with Gasteiger partial charge in [-0.1, -0.05) is 29.8 Å². The van der Waals surface area contributed by atoms with Crippen LogP contribution in [0.5, 0.6) is 0 Å². The number of nitro benzene ring substituents is 1. The molecule has 148 valence electrons. The number of non-ortho nitro benzene ring substituents is 1. The van der Waals surface area contributed by atoms with Crippen molar-refractivity contribution in [1.82, 2.24) is 0 Å². The SMILES string of the molecule is O=C(Nc1ccc(N2C(=O)c3ccccc3C2=O)cc1Cl)c1cccc([N+](=O)[O-])c1. The molecule has 0 saturated carbocycles. The Morgan fingerprint density at radius 2 is 1.60 bits per heavy atom. The molecule has 1 aliphatic heterocycles. The molecule has 1 aliphatic rings. The molecule has 0 radical (unpaired) electrons. The Bertz CT molecular complexity index is 1210. The molecule has 0 aromatic heterocycles. The summed E-state index contributed by atoms with van der Waals surface area (Å²) in [5.74, 6) is -1.51. The quantitative estimate of drug-likeness (QED) is 0.383. The summed E-state index contributed by atoms with van der Waals surface area (Å²) in [5.41, 5.74) is 0.982. The molecule has 8 nitrogen and oxygen atoms in total. The van der Waals surface area contributed by atoms with E-state index in [1.807, 2.05) is 0 Å². The van der Waals surface area contributed by atoms with Gasteiger partial charge in [0.15, 0.2) is 0 Å². The summed E-state index contributed by atoms with van der Waals surface area (Å²) in [6.45, 7) is 0. The Labute approximate surface area is 174 Å². The van der Waals surface area contributed by atoms with Gasteiger partial charge in [0.2, 0.25) is 0 Å². The van der Waals surface area contributed by atoms with Crippen LogP contribution in [-0.2, 0) is 0 Å². The van der Waals surface area contributed by atoms with E-state index in [0.717, 1.165) is 11.0 Å². The first-order chi connectivity index (χ1) is 14.4. The first-order valence-corrected chi connectivity index (χ1v) is 9.08. The summed E-state index contributed by atoms with van der Waals surface area (Å²) >= 11 is 6.26. The predicted octanol–water partition coefficient (Wildman–Crippen LogP) is 4.30. The standard InChI is InChI=1S/C21H12ClN3O5/c22-17-11-13(24-20(27)15-6-1-2-7-16(15)21(24)28)8-9-18(17)23-19(26)12-4-3-5-14(10-12)25(29)30/h1-11H,(H,23,26). The highest BCUT2D eigenvalue weighted by atomic mass is 35.5. The number of carbonyl (C=O) groups excluding carboxylic acids is 3. The molecule has 0 aliphatic carbocycles. The molecule has 4 rings (SSSR count). The summed E-state index contributed by atoms with van der Waals surface area (Å²) in [6.07, 6.45) is 0. The number of nitrogens with zero attached hydrogens (tertiary/aromatic N) is 2. The molecule has 3 aromatic rings. The van der Waals surface area contributed by atoms with Crippen LogP contribution in [0.2, 0.25) is 5.02 Å². The van der Waals surface area contributed by atoms with Gasteiger partial charge in [-0.2, -0.15) is 0 Å². The molecule has 0 fully saturated rings. The Balaban J connectivity index is 1.58. The van der Waals surface area contributed by atoms with Crippen LogP contribution in [0.3, 0.4) is 0 Å². The number of rotatable bonds is 4. The Kier molecular flexibility index (Phi) is 4.77. The molecule has 3 aromatic carbocycles. The van der Waals surface area contributed by atoms with Crippen LogP contribution < -0.4 is 10.2 Å². The molecule has 0 atom stereocenters. The number of fused-ring (bicyclic) bond motifs is 1. The van der Waals surface area contributed by atoms with Gasteiger partial charge in [0, 0.05) is 17.7 Å². The molecule has 1 N–H and O–H groups in total. The van der Waals surface area contributed by atoms with E-state index in [-0.39, 0.29) is 27.6 Å². The van der Waals surface area contributed by atoms with Crippen molar-refractivity contribution in [2.24, 2.45) is 0 Å². The molecular weight excluding hydrogens is 410 g/mol. The van der Waals surface area contributed by atoms with Crippen LogP contribution >= 0.6 is 11.6 Å². The molecule has 30 heavy (non-hydrogen) atoms. The molecule has 0 spiro atoms. The number of nitro groups is 1. The highest BCUT2D eigenvalue weighted by Crippen LogP contribution is 2.33. The number of benzene rings is 3. The van der Waals surface area contributed by atoms with E-state index < -0.39 is 22.6 Å². The number of nitrogens with one attached hydrogen (secondary N) is 1. The highest BCUT2D eigenvalue weighted by molar-refractivity contribution is 6.37. The normalized spacial score (nSPS) is 12.6. The van der Waals surface area contributed by atoms with Crippen molar-refractivity contribution in [3.05, 3.63) is 98.6 Å². The number of hydrogen-bond acceptors (Lipinski definition) is 5. The lowest BCUT2D eigenvalue weighted by atomic mass is 10.1. The Hall–Kier alpha value is -4.04. The summed E-state index contributed by atoms with van der Waals surface area (Å²) in [5, 5.41) is 13.5. The number of imide groups is 1. The lowest BCUT2D eigenvalue weighted by Gasteiger charge is -2.16. The van der Waals surface area contributed by atoms with Crippen molar-refractivity contribution >= 4 is 46.4 Å². The minimum atomic E-state index is -0.597. The van der Waals surface area contributed by atoms with Gasteiger partial charge in [0.25, 0.3) is 23.4 Å². The molecular formula is C21H12ClN3O5.